The van der Waals surface area contributed by atoms with Gasteiger partial charge in [0.05, 0.1) is 29.9 Å². The molecule has 1 aliphatic heterocycles. The zero-order valence-electron chi connectivity index (χ0n) is 23.5. The SMILES string of the molecule is CN(Cc1ccccn1)C(=O)c1ccccc1C(=O)N1CCN(Cc2ncc[nH]2)c2ccc(-c3ccccc3)cc2C1. The molecule has 0 bridgehead atoms. The Hall–Kier alpha value is -5.24. The summed E-state index contributed by atoms with van der Waals surface area (Å²) in [6, 6.07) is 29.4. The molecule has 42 heavy (non-hydrogen) atoms. The lowest BCUT2D eigenvalue weighted by atomic mass is 10.0. The van der Waals surface area contributed by atoms with Crippen molar-refractivity contribution < 1.29 is 9.59 Å². The topological polar surface area (TPSA) is 85.4 Å². The Balaban J connectivity index is 1.30. The summed E-state index contributed by atoms with van der Waals surface area (Å²) >= 11 is 0. The molecule has 8 nitrogen and oxygen atoms in total. The molecule has 5 aromatic rings. The Morgan fingerprint density at radius 1 is 0.833 bits per heavy atom. The van der Waals surface area contributed by atoms with E-state index in [0.717, 1.165) is 33.9 Å². The third-order valence-corrected chi connectivity index (χ3v) is 7.57. The molecular weight excluding hydrogens is 524 g/mol. The third-order valence-electron chi connectivity index (χ3n) is 7.57. The summed E-state index contributed by atoms with van der Waals surface area (Å²) in [5.74, 6) is 0.478. The number of aromatic nitrogens is 3. The Labute approximate surface area is 245 Å². The number of nitrogens with zero attached hydrogens (tertiary/aromatic N) is 5. The normalized spacial score (nSPS) is 12.9. The van der Waals surface area contributed by atoms with Crippen molar-refractivity contribution in [1.29, 1.82) is 0 Å². The maximum absolute atomic E-state index is 14.2. The largest absolute Gasteiger partial charge is 0.362 e. The van der Waals surface area contributed by atoms with Crippen LogP contribution < -0.4 is 4.90 Å². The molecule has 2 aromatic heterocycles. The summed E-state index contributed by atoms with van der Waals surface area (Å²) in [5, 5.41) is 0. The third kappa shape index (κ3) is 5.78. The van der Waals surface area contributed by atoms with Gasteiger partial charge in [0, 0.05) is 51.0 Å². The van der Waals surface area contributed by atoms with E-state index < -0.39 is 0 Å². The summed E-state index contributed by atoms with van der Waals surface area (Å²) in [6.45, 7) is 2.50. The minimum Gasteiger partial charge on any atom is -0.362 e. The number of fused-ring (bicyclic) bond motifs is 1. The van der Waals surface area contributed by atoms with E-state index in [1.807, 2.05) is 53.6 Å². The highest BCUT2D eigenvalue weighted by molar-refractivity contribution is 6.07. The molecule has 3 heterocycles. The number of nitrogens with one attached hydrogen (secondary N) is 1. The number of benzene rings is 3. The van der Waals surface area contributed by atoms with E-state index in [1.165, 1.54) is 0 Å². The highest BCUT2D eigenvalue weighted by Crippen LogP contribution is 2.32. The van der Waals surface area contributed by atoms with Gasteiger partial charge in [-0.3, -0.25) is 14.6 Å². The fourth-order valence-electron chi connectivity index (χ4n) is 5.42. The number of hydrogen-bond acceptors (Lipinski definition) is 5. The zero-order valence-corrected chi connectivity index (χ0v) is 23.5. The van der Waals surface area contributed by atoms with Crippen molar-refractivity contribution in [2.75, 3.05) is 25.0 Å². The molecule has 6 rings (SSSR count). The lowest BCUT2D eigenvalue weighted by molar-refractivity contribution is 0.0725. The zero-order chi connectivity index (χ0) is 28.9. The predicted molar refractivity (Wildman–Crippen MR) is 163 cm³/mol. The molecule has 2 amide bonds. The van der Waals surface area contributed by atoms with E-state index >= 15 is 0 Å². The van der Waals surface area contributed by atoms with E-state index in [-0.39, 0.29) is 11.8 Å². The second-order valence-corrected chi connectivity index (χ2v) is 10.4. The number of aromatic amines is 1. The van der Waals surface area contributed by atoms with Crippen LogP contribution >= 0.6 is 0 Å². The average molecular weight is 557 g/mol. The monoisotopic (exact) mass is 556 g/mol. The van der Waals surface area contributed by atoms with Crippen LogP contribution in [0.5, 0.6) is 0 Å². The molecule has 1 aliphatic rings. The lowest BCUT2D eigenvalue weighted by Crippen LogP contribution is -2.37. The number of carbonyl (C=O) groups excluding carboxylic acids is 2. The van der Waals surface area contributed by atoms with Crippen LogP contribution in [-0.2, 0) is 19.6 Å². The minimum atomic E-state index is -0.217. The molecule has 0 aliphatic carbocycles. The maximum Gasteiger partial charge on any atom is 0.255 e. The van der Waals surface area contributed by atoms with Crippen molar-refractivity contribution in [3.8, 4) is 11.1 Å². The van der Waals surface area contributed by atoms with Crippen LogP contribution in [-0.4, -0.2) is 56.7 Å². The van der Waals surface area contributed by atoms with Gasteiger partial charge in [-0.2, -0.15) is 0 Å². The molecule has 1 N–H and O–H groups in total. The first-order chi connectivity index (χ1) is 20.6. The molecule has 0 unspecified atom stereocenters. The van der Waals surface area contributed by atoms with Gasteiger partial charge < -0.3 is 19.7 Å². The Kier molecular flexibility index (Phi) is 7.76. The standard InChI is InChI=1S/C34H32N6O2/c1-38(23-28-11-7-8-16-35-28)33(41)29-12-5-6-13-30(29)34(42)40-20-19-39(24-32-36-17-18-37-32)31-15-14-26(21-27(31)22-40)25-9-3-2-4-10-25/h2-18,21H,19-20,22-24H2,1H3,(H,36,37). The van der Waals surface area contributed by atoms with Crippen LogP contribution in [0, 0.1) is 0 Å². The van der Waals surface area contributed by atoms with Crippen molar-refractivity contribution in [2.45, 2.75) is 19.6 Å². The number of hydrogen-bond donors (Lipinski definition) is 1. The summed E-state index contributed by atoms with van der Waals surface area (Å²) in [7, 11) is 1.73. The van der Waals surface area contributed by atoms with E-state index in [0.29, 0.717) is 43.9 Å². The van der Waals surface area contributed by atoms with Gasteiger partial charge in [-0.1, -0.05) is 54.6 Å². The second-order valence-electron chi connectivity index (χ2n) is 10.4. The van der Waals surface area contributed by atoms with Crippen molar-refractivity contribution in [3.05, 3.63) is 138 Å². The first kappa shape index (κ1) is 27.0. The molecular formula is C34H32N6O2. The van der Waals surface area contributed by atoms with E-state index in [9.17, 15) is 9.59 Å². The number of imidazole rings is 1. The minimum absolute atomic E-state index is 0.166. The average Bonchev–Trinajstić information content (AvgIpc) is 3.49. The molecule has 0 spiro atoms. The fraction of sp³-hybridized carbons (Fsp3) is 0.176. The first-order valence-electron chi connectivity index (χ1n) is 14.0. The predicted octanol–water partition coefficient (Wildman–Crippen LogP) is 5.41. The van der Waals surface area contributed by atoms with Crippen LogP contribution in [0.4, 0.5) is 5.69 Å². The van der Waals surface area contributed by atoms with Gasteiger partial charge in [0.25, 0.3) is 11.8 Å². The van der Waals surface area contributed by atoms with Crippen molar-refractivity contribution in [1.82, 2.24) is 24.8 Å². The Morgan fingerprint density at radius 2 is 1.62 bits per heavy atom. The summed E-state index contributed by atoms with van der Waals surface area (Å²) < 4.78 is 0. The molecule has 210 valence electrons. The molecule has 0 fully saturated rings. The van der Waals surface area contributed by atoms with Gasteiger partial charge in [0.15, 0.2) is 0 Å². The summed E-state index contributed by atoms with van der Waals surface area (Å²) in [5.41, 5.74) is 5.89. The number of carbonyl (C=O) groups is 2. The number of anilines is 1. The van der Waals surface area contributed by atoms with Gasteiger partial charge in [-0.25, -0.2) is 4.98 Å². The van der Waals surface area contributed by atoms with E-state index in [1.54, 1.807) is 42.5 Å². The van der Waals surface area contributed by atoms with Crippen LogP contribution in [0.2, 0.25) is 0 Å². The maximum atomic E-state index is 14.2. The van der Waals surface area contributed by atoms with Gasteiger partial charge in [-0.05, 0) is 53.1 Å². The van der Waals surface area contributed by atoms with Gasteiger partial charge >= 0.3 is 0 Å². The molecule has 0 atom stereocenters. The van der Waals surface area contributed by atoms with Crippen LogP contribution in [0.1, 0.15) is 37.8 Å². The van der Waals surface area contributed by atoms with Crippen LogP contribution in [0.15, 0.2) is 110 Å². The van der Waals surface area contributed by atoms with E-state index in [2.05, 4.69) is 50.2 Å². The molecule has 0 radical (unpaired) electrons. The first-order valence-corrected chi connectivity index (χ1v) is 14.0. The van der Waals surface area contributed by atoms with Crippen molar-refractivity contribution in [3.63, 3.8) is 0 Å². The molecule has 0 saturated carbocycles. The highest BCUT2D eigenvalue weighted by Gasteiger charge is 2.28. The number of amides is 2. The van der Waals surface area contributed by atoms with Gasteiger partial charge in [0.2, 0.25) is 0 Å². The summed E-state index contributed by atoms with van der Waals surface area (Å²) in [4.78, 5) is 45.4. The molecule has 8 heteroatoms. The lowest BCUT2D eigenvalue weighted by Gasteiger charge is -2.25. The van der Waals surface area contributed by atoms with Gasteiger partial charge in [-0.15, -0.1) is 0 Å². The number of H-pyrrole nitrogens is 1. The van der Waals surface area contributed by atoms with Crippen LogP contribution in [0.3, 0.4) is 0 Å². The summed E-state index contributed by atoms with van der Waals surface area (Å²) in [6.07, 6.45) is 5.28. The van der Waals surface area contributed by atoms with Crippen LogP contribution in [0.25, 0.3) is 11.1 Å². The number of rotatable bonds is 7. The highest BCUT2D eigenvalue weighted by atomic mass is 16.2. The quantitative estimate of drug-likeness (QED) is 0.290. The Bertz CT molecular complexity index is 1670. The fourth-order valence-corrected chi connectivity index (χ4v) is 5.42. The van der Waals surface area contributed by atoms with Gasteiger partial charge in [0.1, 0.15) is 5.82 Å². The Morgan fingerprint density at radius 3 is 2.38 bits per heavy atom. The number of pyridine rings is 1. The second kappa shape index (κ2) is 12.1. The molecule has 0 saturated heterocycles. The molecule has 3 aromatic carbocycles. The van der Waals surface area contributed by atoms with E-state index in [4.69, 9.17) is 0 Å². The van der Waals surface area contributed by atoms with Crippen molar-refractivity contribution in [2.24, 2.45) is 0 Å². The smallest absolute Gasteiger partial charge is 0.255 e. The van der Waals surface area contributed by atoms with Crippen molar-refractivity contribution >= 4 is 17.5 Å².